The highest BCUT2D eigenvalue weighted by Gasteiger charge is 2.21. The Balaban J connectivity index is 1.06. The molecule has 1 aliphatic rings. The number of ketones is 2. The van der Waals surface area contributed by atoms with Crippen LogP contribution in [0.25, 0.3) is 28.0 Å². The van der Waals surface area contributed by atoms with E-state index in [1.165, 1.54) is 38.5 Å². The van der Waals surface area contributed by atoms with E-state index in [2.05, 4.69) is 76.0 Å². The first-order chi connectivity index (χ1) is 28.7. The van der Waals surface area contributed by atoms with Crippen LogP contribution >= 0.6 is 0 Å². The quantitative estimate of drug-likeness (QED) is 0.0706. The maximum Gasteiger partial charge on any atom is 0.209 e. The number of carbonyl (C=O) groups is 2. The van der Waals surface area contributed by atoms with Crippen LogP contribution in [-0.4, -0.2) is 36.9 Å². The smallest absolute Gasteiger partial charge is 0.209 e. The molecule has 0 spiro atoms. The fraction of sp³-hybridized carbons (Fsp3) is 0.358. The van der Waals surface area contributed by atoms with Crippen molar-refractivity contribution in [2.24, 2.45) is 11.8 Å². The van der Waals surface area contributed by atoms with E-state index >= 15 is 0 Å². The Bertz CT molecular complexity index is 2240. The van der Waals surface area contributed by atoms with Gasteiger partial charge in [-0.3, -0.25) is 9.59 Å². The van der Waals surface area contributed by atoms with Crippen LogP contribution in [0.5, 0.6) is 17.2 Å². The number of aromatic nitrogens is 1. The molecular formula is C53H61NO5. The van der Waals surface area contributed by atoms with Gasteiger partial charge in [0.2, 0.25) is 5.78 Å². The number of ether oxygens (including phenoxy) is 3. The highest BCUT2D eigenvalue weighted by atomic mass is 16.5. The van der Waals surface area contributed by atoms with Crippen LogP contribution in [0, 0.1) is 18.8 Å². The lowest BCUT2D eigenvalue weighted by Crippen LogP contribution is -2.11. The summed E-state index contributed by atoms with van der Waals surface area (Å²) >= 11 is 0. The van der Waals surface area contributed by atoms with E-state index in [4.69, 9.17) is 14.2 Å². The molecule has 2 atom stereocenters. The van der Waals surface area contributed by atoms with Gasteiger partial charge in [0.05, 0.1) is 26.0 Å². The van der Waals surface area contributed by atoms with Gasteiger partial charge in [-0.1, -0.05) is 109 Å². The minimum atomic E-state index is -0.0552. The number of allylic oxidation sites excluding steroid dienone is 4. The van der Waals surface area contributed by atoms with Gasteiger partial charge in [-0.25, -0.2) is 0 Å². The molecule has 1 aliphatic carbocycles. The first-order valence-corrected chi connectivity index (χ1v) is 21.7. The van der Waals surface area contributed by atoms with E-state index in [-0.39, 0.29) is 11.6 Å². The first kappa shape index (κ1) is 43.0. The number of H-pyrrole nitrogens is 1. The number of nitrogens with one attached hydrogen (secondary N) is 1. The molecule has 4 aromatic carbocycles. The number of unbranched alkanes of at least 4 members (excludes halogenated alkanes) is 2. The predicted octanol–water partition coefficient (Wildman–Crippen LogP) is 13.7. The fourth-order valence-corrected chi connectivity index (χ4v) is 7.80. The molecule has 6 rings (SSSR count). The number of rotatable bonds is 22. The van der Waals surface area contributed by atoms with Gasteiger partial charge in [-0.2, -0.15) is 0 Å². The molecule has 0 aliphatic heterocycles. The van der Waals surface area contributed by atoms with Gasteiger partial charge in [-0.15, -0.1) is 0 Å². The molecule has 6 nitrogen and oxygen atoms in total. The van der Waals surface area contributed by atoms with Gasteiger partial charge < -0.3 is 19.2 Å². The Labute approximate surface area is 351 Å². The average Bonchev–Trinajstić information content (AvgIpc) is 3.98. The molecule has 0 bridgehead atoms. The number of hydrogen-bond donors (Lipinski definition) is 1. The van der Waals surface area contributed by atoms with Crippen LogP contribution in [0.2, 0.25) is 0 Å². The molecular weight excluding hydrogens is 731 g/mol. The predicted molar refractivity (Wildman–Crippen MR) is 242 cm³/mol. The van der Waals surface area contributed by atoms with E-state index in [1.54, 1.807) is 7.11 Å². The summed E-state index contributed by atoms with van der Waals surface area (Å²) in [6.07, 6.45) is 13.9. The summed E-state index contributed by atoms with van der Waals surface area (Å²) < 4.78 is 18.0. The van der Waals surface area contributed by atoms with Crippen LogP contribution in [0.1, 0.15) is 123 Å². The van der Waals surface area contributed by atoms with Gasteiger partial charge in [0.25, 0.3) is 0 Å². The Morgan fingerprint density at radius 1 is 0.644 bits per heavy atom. The largest absolute Gasteiger partial charge is 0.496 e. The molecule has 308 valence electrons. The zero-order chi connectivity index (χ0) is 41.7. The second kappa shape index (κ2) is 20.9. The van der Waals surface area contributed by atoms with Crippen molar-refractivity contribution in [2.75, 3.05) is 20.3 Å². The van der Waals surface area contributed by atoms with Crippen molar-refractivity contribution in [2.45, 2.75) is 92.4 Å². The second-order valence-electron chi connectivity index (χ2n) is 16.0. The number of aryl methyl sites for hydroxylation is 1. The SMILES string of the molecule is CCCCC(CC)COc1ccc(C(=O)C2=CC=C(c3ccc(-c4ccc(-c5ccc(C(=O)c6ccc(OCC(CC)CCCC)cc6)[nH]5)c(C)c4)cc3OC)C2)cc1. The molecule has 0 amide bonds. The third kappa shape index (κ3) is 10.9. The highest BCUT2D eigenvalue weighted by molar-refractivity contribution is 6.11. The second-order valence-corrected chi connectivity index (χ2v) is 16.0. The zero-order valence-electron chi connectivity index (χ0n) is 35.9. The molecule has 5 aromatic rings. The Hall–Kier alpha value is -5.62. The van der Waals surface area contributed by atoms with E-state index in [9.17, 15) is 9.59 Å². The van der Waals surface area contributed by atoms with Gasteiger partial charge >= 0.3 is 0 Å². The van der Waals surface area contributed by atoms with Crippen molar-refractivity contribution < 1.29 is 23.8 Å². The number of hydrogen-bond acceptors (Lipinski definition) is 5. The first-order valence-electron chi connectivity index (χ1n) is 21.7. The summed E-state index contributed by atoms with van der Waals surface area (Å²) in [5.74, 6) is 3.43. The molecule has 6 heteroatoms. The van der Waals surface area contributed by atoms with Crippen molar-refractivity contribution in [1.29, 1.82) is 0 Å². The summed E-state index contributed by atoms with van der Waals surface area (Å²) in [6.45, 7) is 12.4. The van der Waals surface area contributed by atoms with Crippen molar-refractivity contribution in [3.63, 3.8) is 0 Å². The topological polar surface area (TPSA) is 77.6 Å². The molecule has 0 fully saturated rings. The van der Waals surface area contributed by atoms with Crippen molar-refractivity contribution >= 4 is 17.1 Å². The monoisotopic (exact) mass is 791 g/mol. The van der Waals surface area contributed by atoms with Crippen LogP contribution in [-0.2, 0) is 0 Å². The maximum atomic E-state index is 13.5. The number of methoxy groups -OCH3 is 1. The summed E-state index contributed by atoms with van der Waals surface area (Å²) in [5, 5.41) is 0. The van der Waals surface area contributed by atoms with E-state index in [0.717, 1.165) is 74.7 Å². The minimum Gasteiger partial charge on any atom is -0.496 e. The van der Waals surface area contributed by atoms with Crippen LogP contribution < -0.4 is 14.2 Å². The number of Topliss-reactive ketones (excluding diaryl/α,β-unsaturated/α-hetero) is 1. The Kier molecular flexibility index (Phi) is 15.2. The summed E-state index contributed by atoms with van der Waals surface area (Å²) in [4.78, 5) is 30.3. The van der Waals surface area contributed by atoms with Gasteiger partial charge in [0.15, 0.2) is 5.78 Å². The van der Waals surface area contributed by atoms with Crippen molar-refractivity contribution in [3.8, 4) is 39.6 Å². The van der Waals surface area contributed by atoms with Crippen molar-refractivity contribution in [3.05, 3.63) is 143 Å². The van der Waals surface area contributed by atoms with Crippen LogP contribution in [0.15, 0.2) is 115 Å². The van der Waals surface area contributed by atoms with Crippen LogP contribution in [0.3, 0.4) is 0 Å². The van der Waals surface area contributed by atoms with Crippen molar-refractivity contribution in [1.82, 2.24) is 4.98 Å². The average molecular weight is 792 g/mol. The minimum absolute atomic E-state index is 0.0273. The third-order valence-electron chi connectivity index (χ3n) is 11.8. The van der Waals surface area contributed by atoms with E-state index in [0.29, 0.717) is 48.3 Å². The third-order valence-corrected chi connectivity index (χ3v) is 11.8. The lowest BCUT2D eigenvalue weighted by atomic mass is 9.94. The fourth-order valence-electron chi connectivity index (χ4n) is 7.80. The van der Waals surface area contributed by atoms with Gasteiger partial charge in [-0.05, 0) is 121 Å². The Morgan fingerprint density at radius 2 is 1.20 bits per heavy atom. The summed E-state index contributed by atoms with van der Waals surface area (Å²) in [7, 11) is 1.69. The molecule has 2 unspecified atom stereocenters. The Morgan fingerprint density at radius 3 is 1.75 bits per heavy atom. The molecule has 1 N–H and O–H groups in total. The normalized spacial score (nSPS) is 13.4. The van der Waals surface area contributed by atoms with E-state index < -0.39 is 0 Å². The lowest BCUT2D eigenvalue weighted by Gasteiger charge is -2.16. The van der Waals surface area contributed by atoms with Gasteiger partial charge in [0.1, 0.15) is 17.2 Å². The zero-order valence-corrected chi connectivity index (χ0v) is 35.9. The lowest BCUT2D eigenvalue weighted by molar-refractivity contribution is 0.102. The molecule has 0 saturated heterocycles. The highest BCUT2D eigenvalue weighted by Crippen LogP contribution is 2.38. The number of benzene rings is 4. The van der Waals surface area contributed by atoms with Gasteiger partial charge in [0, 0.05) is 39.9 Å². The molecule has 1 aromatic heterocycles. The summed E-state index contributed by atoms with van der Waals surface area (Å²) in [5.41, 5.74) is 9.69. The molecule has 1 heterocycles. The van der Waals surface area contributed by atoms with E-state index in [1.807, 2.05) is 72.8 Å². The van der Waals surface area contributed by atoms with Crippen LogP contribution in [0.4, 0.5) is 0 Å². The molecule has 0 radical (unpaired) electrons. The summed E-state index contributed by atoms with van der Waals surface area (Å²) in [6, 6.07) is 31.4. The molecule has 0 saturated carbocycles. The maximum absolute atomic E-state index is 13.5. The standard InChI is InChI=1S/C53H61NO5/c1-7-11-13-37(9-3)34-58-45-23-17-39(18-24-45)52(55)44-16-15-43(32-44)48-28-22-42(33-51(48)57-6)41-21-27-47(36(5)31-41)49-29-30-50(54-49)53(56)40-19-25-46(26-20-40)59-35-38(10-4)14-12-8-2/h15-31,33,37-38,54H,7-14,32,34-35H2,1-6H3. The number of carbonyl (C=O) groups excluding carboxylic acids is 2. The molecule has 59 heavy (non-hydrogen) atoms. The number of aromatic amines is 1.